The van der Waals surface area contributed by atoms with E-state index in [0.29, 0.717) is 19.5 Å². The third-order valence-electron chi connectivity index (χ3n) is 7.12. The van der Waals surface area contributed by atoms with E-state index < -0.39 is 0 Å². The fraction of sp³-hybridized carbons (Fsp3) is 0.520. The first kappa shape index (κ1) is 24.7. The molecule has 2 bridgehead atoms. The lowest BCUT2D eigenvalue weighted by Gasteiger charge is -2.17. The third kappa shape index (κ3) is 4.58. The number of halogens is 1. The summed E-state index contributed by atoms with van der Waals surface area (Å²) in [4.78, 5) is 36.4. The fourth-order valence-corrected chi connectivity index (χ4v) is 5.58. The average Bonchev–Trinajstić information content (AvgIpc) is 3.56. The molecular weight excluding hydrogens is 543 g/mol. The second kappa shape index (κ2) is 10.5. The van der Waals surface area contributed by atoms with Gasteiger partial charge in [0.05, 0.1) is 17.5 Å². The Hall–Kier alpha value is -2.43. The predicted octanol–water partition coefficient (Wildman–Crippen LogP) is 2.56. The summed E-state index contributed by atoms with van der Waals surface area (Å²) in [6.45, 7) is 6.59. The van der Waals surface area contributed by atoms with E-state index in [1.54, 1.807) is 0 Å². The molecule has 34 heavy (non-hydrogen) atoms. The lowest BCUT2D eigenvalue weighted by atomic mass is 9.85. The molecule has 2 aromatic heterocycles. The number of guanidine groups is 1. The smallest absolute Gasteiger partial charge is 0.233 e. The molecule has 2 N–H and O–H groups in total. The summed E-state index contributed by atoms with van der Waals surface area (Å²) in [6, 6.07) is 4.09. The van der Waals surface area contributed by atoms with Crippen molar-refractivity contribution in [1.29, 1.82) is 0 Å². The van der Waals surface area contributed by atoms with Crippen molar-refractivity contribution in [2.24, 2.45) is 28.7 Å². The van der Waals surface area contributed by atoms with Crippen LogP contribution in [0.25, 0.3) is 5.65 Å². The number of hydrogen-bond donors (Lipinski definition) is 2. The molecule has 2 aromatic rings. The number of aromatic nitrogens is 2. The maximum Gasteiger partial charge on any atom is 0.233 e. The number of rotatable bonds is 8. The van der Waals surface area contributed by atoms with Crippen LogP contribution >= 0.6 is 24.0 Å². The Labute approximate surface area is 217 Å². The number of hydrogen-bond acceptors (Lipinski definition) is 4. The number of pyridine rings is 1. The van der Waals surface area contributed by atoms with E-state index in [1.807, 2.05) is 19.2 Å². The van der Waals surface area contributed by atoms with E-state index >= 15 is 0 Å². The maximum absolute atomic E-state index is 12.8. The molecule has 9 heteroatoms. The third-order valence-corrected chi connectivity index (χ3v) is 7.12. The van der Waals surface area contributed by atoms with Gasteiger partial charge in [0, 0.05) is 45.0 Å². The normalized spacial score (nSPS) is 25.2. The number of likely N-dealkylation sites (tertiary alicyclic amines) is 1. The molecule has 4 unspecified atom stereocenters. The molecule has 1 saturated carbocycles. The van der Waals surface area contributed by atoms with Crippen molar-refractivity contribution in [3.63, 3.8) is 0 Å². The van der Waals surface area contributed by atoms with Gasteiger partial charge in [0.25, 0.3) is 0 Å². The Morgan fingerprint density at radius 1 is 1.18 bits per heavy atom. The van der Waals surface area contributed by atoms with Crippen molar-refractivity contribution in [3.8, 4) is 0 Å². The second-order valence-corrected chi connectivity index (χ2v) is 9.27. The van der Waals surface area contributed by atoms with Crippen LogP contribution in [0.2, 0.25) is 0 Å². The van der Waals surface area contributed by atoms with Gasteiger partial charge >= 0.3 is 0 Å². The summed E-state index contributed by atoms with van der Waals surface area (Å²) in [5.41, 5.74) is 3.19. The van der Waals surface area contributed by atoms with Gasteiger partial charge < -0.3 is 15.0 Å². The molecule has 2 aliphatic carbocycles. The topological polar surface area (TPSA) is 91.1 Å². The molecule has 182 valence electrons. The van der Waals surface area contributed by atoms with Gasteiger partial charge in [-0.15, -0.1) is 24.0 Å². The van der Waals surface area contributed by atoms with Crippen LogP contribution in [0.1, 0.15) is 31.0 Å². The van der Waals surface area contributed by atoms with E-state index in [-0.39, 0.29) is 59.5 Å². The molecule has 5 rings (SSSR count). The number of nitrogens with one attached hydrogen (secondary N) is 2. The van der Waals surface area contributed by atoms with Gasteiger partial charge in [-0.05, 0) is 50.2 Å². The van der Waals surface area contributed by atoms with Crippen LogP contribution in [-0.4, -0.2) is 58.2 Å². The maximum atomic E-state index is 12.8. The Kier molecular flexibility index (Phi) is 7.59. The molecule has 3 heterocycles. The molecular formula is C25H33IN6O2. The molecule has 0 aromatic carbocycles. The van der Waals surface area contributed by atoms with Gasteiger partial charge in [-0.1, -0.05) is 18.2 Å². The number of carbonyl (C=O) groups is 2. The zero-order chi connectivity index (χ0) is 22.9. The molecule has 2 fully saturated rings. The summed E-state index contributed by atoms with van der Waals surface area (Å²) in [7, 11) is 0. The van der Waals surface area contributed by atoms with Gasteiger partial charge in [-0.2, -0.15) is 0 Å². The van der Waals surface area contributed by atoms with Crippen molar-refractivity contribution >= 4 is 47.4 Å². The summed E-state index contributed by atoms with van der Waals surface area (Å²) < 4.78 is 2.06. The minimum atomic E-state index is -0.113. The second-order valence-electron chi connectivity index (χ2n) is 9.27. The minimum absolute atomic E-state index is 0. The van der Waals surface area contributed by atoms with Gasteiger partial charge in [0.1, 0.15) is 5.65 Å². The molecule has 1 saturated heterocycles. The number of fused-ring (bicyclic) bond motifs is 6. The van der Waals surface area contributed by atoms with Crippen LogP contribution < -0.4 is 10.6 Å². The number of aliphatic imine (C=N–C) groups is 1. The SMILES string of the molecule is CCNC(=NCCCN1C(=O)C2C3C=CC(C3)C2C1=O)NCCc1cn2cccc(C)c2n1.I. The molecule has 4 atom stereocenters. The van der Waals surface area contributed by atoms with E-state index in [2.05, 4.69) is 51.4 Å². The van der Waals surface area contributed by atoms with Crippen LogP contribution in [0.15, 0.2) is 41.7 Å². The van der Waals surface area contributed by atoms with Crippen molar-refractivity contribution in [2.75, 3.05) is 26.2 Å². The first-order chi connectivity index (χ1) is 16.1. The van der Waals surface area contributed by atoms with Crippen LogP contribution in [0.5, 0.6) is 0 Å². The Balaban J connectivity index is 0.00000274. The van der Waals surface area contributed by atoms with E-state index in [0.717, 1.165) is 48.8 Å². The first-order valence-electron chi connectivity index (χ1n) is 12.1. The summed E-state index contributed by atoms with van der Waals surface area (Å²) in [5.74, 6) is 1.10. The molecule has 0 radical (unpaired) electrons. The van der Waals surface area contributed by atoms with Crippen LogP contribution in [-0.2, 0) is 16.0 Å². The fourth-order valence-electron chi connectivity index (χ4n) is 5.58. The highest BCUT2D eigenvalue weighted by Crippen LogP contribution is 2.52. The highest BCUT2D eigenvalue weighted by molar-refractivity contribution is 14.0. The lowest BCUT2D eigenvalue weighted by molar-refractivity contribution is -0.140. The summed E-state index contributed by atoms with van der Waals surface area (Å²) in [6.07, 6.45) is 10.8. The van der Waals surface area contributed by atoms with Crippen LogP contribution in [0, 0.1) is 30.6 Å². The Morgan fingerprint density at radius 2 is 1.91 bits per heavy atom. The molecule has 8 nitrogen and oxygen atoms in total. The Bertz CT molecular complexity index is 1100. The number of nitrogens with zero attached hydrogens (tertiary/aromatic N) is 4. The lowest BCUT2D eigenvalue weighted by Crippen LogP contribution is -2.38. The highest BCUT2D eigenvalue weighted by atomic mass is 127. The molecule has 0 spiro atoms. The highest BCUT2D eigenvalue weighted by Gasteiger charge is 2.58. The van der Waals surface area contributed by atoms with E-state index in [9.17, 15) is 9.59 Å². The van der Waals surface area contributed by atoms with Crippen LogP contribution in [0.3, 0.4) is 0 Å². The average molecular weight is 576 g/mol. The van der Waals surface area contributed by atoms with Gasteiger partial charge in [-0.3, -0.25) is 19.5 Å². The monoisotopic (exact) mass is 576 g/mol. The van der Waals surface area contributed by atoms with Gasteiger partial charge in [0.15, 0.2) is 5.96 Å². The number of amides is 2. The van der Waals surface area contributed by atoms with Crippen molar-refractivity contribution < 1.29 is 9.59 Å². The molecule has 2 amide bonds. The first-order valence-corrected chi connectivity index (χ1v) is 12.1. The minimum Gasteiger partial charge on any atom is -0.357 e. The van der Waals surface area contributed by atoms with Crippen molar-refractivity contribution in [3.05, 3.63) is 47.9 Å². The van der Waals surface area contributed by atoms with E-state index in [1.165, 1.54) is 4.90 Å². The quantitative estimate of drug-likeness (QED) is 0.126. The zero-order valence-electron chi connectivity index (χ0n) is 19.7. The van der Waals surface area contributed by atoms with Gasteiger partial charge in [0.2, 0.25) is 11.8 Å². The van der Waals surface area contributed by atoms with Crippen molar-refractivity contribution in [2.45, 2.75) is 33.1 Å². The largest absolute Gasteiger partial charge is 0.357 e. The number of carbonyl (C=O) groups excluding carboxylic acids is 2. The van der Waals surface area contributed by atoms with Crippen LogP contribution in [0.4, 0.5) is 0 Å². The summed E-state index contributed by atoms with van der Waals surface area (Å²) in [5, 5.41) is 6.62. The number of aryl methyl sites for hydroxylation is 1. The number of imide groups is 1. The Morgan fingerprint density at radius 3 is 2.59 bits per heavy atom. The molecule has 1 aliphatic heterocycles. The standard InChI is InChI=1S/C25H32N6O2.HI/c1-3-26-25(28-11-9-19-15-30-12-4-6-16(2)22(30)29-19)27-10-5-13-31-23(32)20-17-7-8-18(14-17)21(20)24(31)33;/h4,6-8,12,15,17-18,20-21H,3,5,9-11,13-14H2,1-2H3,(H2,26,27,28);1H. The summed E-state index contributed by atoms with van der Waals surface area (Å²) >= 11 is 0. The predicted molar refractivity (Wildman–Crippen MR) is 142 cm³/mol. The zero-order valence-corrected chi connectivity index (χ0v) is 22.1. The molecule has 3 aliphatic rings. The van der Waals surface area contributed by atoms with Crippen molar-refractivity contribution in [1.82, 2.24) is 24.9 Å². The number of allylic oxidation sites excluding steroid dienone is 2. The van der Waals surface area contributed by atoms with Gasteiger partial charge in [-0.25, -0.2) is 4.98 Å². The van der Waals surface area contributed by atoms with E-state index in [4.69, 9.17) is 4.98 Å². The number of imidazole rings is 1.